The van der Waals surface area contributed by atoms with E-state index in [4.69, 9.17) is 4.74 Å². The topological polar surface area (TPSA) is 155 Å². The summed E-state index contributed by atoms with van der Waals surface area (Å²) in [6.07, 6.45) is 1.50. The van der Waals surface area contributed by atoms with E-state index in [-0.39, 0.29) is 48.6 Å². The first-order valence-electron chi connectivity index (χ1n) is 15.1. The van der Waals surface area contributed by atoms with Crippen LogP contribution in [0.1, 0.15) is 69.8 Å². The number of H-pyrrole nitrogens is 1. The SMILES string of the molecule is CC(C)(C)OC(=O)NC(C)(C)C(=O)N[C@H](Cc1c[nH]c2ccccc12)C(=O)N1CCCC2(CC(=O)c3ccccc3S2(=O)=O)C1. The molecular formula is C33H40N4O7S. The van der Waals surface area contributed by atoms with Crippen molar-refractivity contribution in [3.63, 3.8) is 0 Å². The molecule has 12 heteroatoms. The molecule has 2 aromatic carbocycles. The zero-order valence-electron chi connectivity index (χ0n) is 26.2. The van der Waals surface area contributed by atoms with Gasteiger partial charge in [0, 0.05) is 48.6 Å². The van der Waals surface area contributed by atoms with E-state index >= 15 is 0 Å². The number of piperidine rings is 1. The molecule has 2 aliphatic rings. The number of sulfone groups is 1. The number of ether oxygens (including phenoxy) is 1. The molecule has 11 nitrogen and oxygen atoms in total. The number of aromatic nitrogens is 1. The van der Waals surface area contributed by atoms with E-state index in [0.29, 0.717) is 6.42 Å². The van der Waals surface area contributed by atoms with Gasteiger partial charge >= 0.3 is 6.09 Å². The molecule has 1 unspecified atom stereocenters. The van der Waals surface area contributed by atoms with Crippen LogP contribution in [0.4, 0.5) is 4.79 Å². The van der Waals surface area contributed by atoms with E-state index in [2.05, 4.69) is 15.6 Å². The lowest BCUT2D eigenvalue weighted by atomic mass is 9.88. The Morgan fingerprint density at radius 2 is 1.73 bits per heavy atom. The van der Waals surface area contributed by atoms with Gasteiger partial charge in [0.15, 0.2) is 15.6 Å². The first-order valence-corrected chi connectivity index (χ1v) is 16.5. The number of hydrogen-bond acceptors (Lipinski definition) is 7. The number of fused-ring (bicyclic) bond motifs is 2. The molecule has 1 fully saturated rings. The molecule has 3 N–H and O–H groups in total. The normalized spacial score (nSPS) is 20.4. The number of carbonyl (C=O) groups is 4. The second-order valence-corrected chi connectivity index (χ2v) is 15.8. The molecular weight excluding hydrogens is 596 g/mol. The summed E-state index contributed by atoms with van der Waals surface area (Å²) >= 11 is 0. The van der Waals surface area contributed by atoms with Gasteiger partial charge in [0.1, 0.15) is 21.9 Å². The molecule has 5 rings (SSSR count). The van der Waals surface area contributed by atoms with Gasteiger partial charge in [-0.2, -0.15) is 0 Å². The van der Waals surface area contributed by atoms with E-state index in [1.54, 1.807) is 39.1 Å². The molecule has 0 bridgehead atoms. The van der Waals surface area contributed by atoms with Crippen molar-refractivity contribution >= 4 is 44.4 Å². The van der Waals surface area contributed by atoms with Gasteiger partial charge in [0.05, 0.1) is 4.90 Å². The highest BCUT2D eigenvalue weighted by Crippen LogP contribution is 2.43. The Morgan fingerprint density at radius 3 is 2.47 bits per heavy atom. The van der Waals surface area contributed by atoms with Crippen molar-refractivity contribution in [1.82, 2.24) is 20.5 Å². The lowest BCUT2D eigenvalue weighted by Crippen LogP contribution is -2.63. The molecule has 2 atom stereocenters. The fourth-order valence-corrected chi connectivity index (χ4v) is 8.45. The number of para-hydroxylation sites is 1. The molecule has 3 amide bonds. The number of aromatic amines is 1. The van der Waals surface area contributed by atoms with Crippen LogP contribution in [0, 0.1) is 0 Å². The second kappa shape index (κ2) is 11.6. The van der Waals surface area contributed by atoms with Crippen molar-refractivity contribution in [3.05, 3.63) is 65.9 Å². The fraction of sp³-hybridized carbons (Fsp3) is 0.455. The largest absolute Gasteiger partial charge is 0.444 e. The minimum Gasteiger partial charge on any atom is -0.444 e. The summed E-state index contributed by atoms with van der Waals surface area (Å²) in [6.45, 7) is 8.23. The van der Waals surface area contributed by atoms with Gasteiger partial charge in [-0.25, -0.2) is 13.2 Å². The summed E-state index contributed by atoms with van der Waals surface area (Å²) in [5.74, 6) is -1.36. The molecule has 0 saturated carbocycles. The lowest BCUT2D eigenvalue weighted by Gasteiger charge is -2.44. The van der Waals surface area contributed by atoms with Crippen LogP contribution in [0.15, 0.2) is 59.6 Å². The predicted octanol–water partition coefficient (Wildman–Crippen LogP) is 3.92. The quantitative estimate of drug-likeness (QED) is 0.371. The van der Waals surface area contributed by atoms with Crippen molar-refractivity contribution in [3.8, 4) is 0 Å². The van der Waals surface area contributed by atoms with Crippen molar-refractivity contribution in [2.45, 2.75) is 87.1 Å². The number of nitrogens with one attached hydrogen (secondary N) is 3. The van der Waals surface area contributed by atoms with Gasteiger partial charge in [-0.05, 0) is 65.2 Å². The average Bonchev–Trinajstić information content (AvgIpc) is 3.37. The zero-order chi connectivity index (χ0) is 32.8. The predicted molar refractivity (Wildman–Crippen MR) is 169 cm³/mol. The Morgan fingerprint density at radius 1 is 1.04 bits per heavy atom. The molecule has 1 aromatic heterocycles. The van der Waals surface area contributed by atoms with E-state index in [9.17, 15) is 27.6 Å². The standard InChI is InChI=1S/C33H40N4O7S/c1-31(2,3)44-30(41)36-32(4,5)29(40)35-25(17-21-19-34-24-13-8-6-11-22(21)24)28(39)37-16-10-15-33(20-37)18-26(38)23-12-7-9-14-27(23)45(33,42)43/h6-9,11-14,19,25,34H,10,15-18,20H2,1-5H3,(H,35,40)(H,36,41)/t25-,33?/m1/s1. The van der Waals surface area contributed by atoms with Gasteiger partial charge < -0.3 is 25.3 Å². The zero-order valence-corrected chi connectivity index (χ0v) is 27.0. The molecule has 45 heavy (non-hydrogen) atoms. The first kappa shape index (κ1) is 32.2. The van der Waals surface area contributed by atoms with Crippen molar-refractivity contribution < 1.29 is 32.3 Å². The summed E-state index contributed by atoms with van der Waals surface area (Å²) in [7, 11) is -3.95. The van der Waals surface area contributed by atoms with E-state index in [0.717, 1.165) is 16.5 Å². The molecule has 240 valence electrons. The number of nitrogens with zero attached hydrogens (tertiary/aromatic N) is 1. The number of benzene rings is 2. The molecule has 0 aliphatic carbocycles. The maximum atomic E-state index is 14.3. The molecule has 1 saturated heterocycles. The maximum absolute atomic E-state index is 14.3. The van der Waals surface area contributed by atoms with Crippen molar-refractivity contribution in [2.24, 2.45) is 0 Å². The third-order valence-electron chi connectivity index (χ3n) is 8.46. The van der Waals surface area contributed by atoms with Crippen LogP contribution in [0.3, 0.4) is 0 Å². The number of ketones is 1. The van der Waals surface area contributed by atoms with Crippen LogP contribution in [0.2, 0.25) is 0 Å². The smallest absolute Gasteiger partial charge is 0.408 e. The molecule has 3 heterocycles. The van der Waals surface area contributed by atoms with E-state index in [1.165, 1.54) is 30.9 Å². The Balaban J connectivity index is 1.44. The van der Waals surface area contributed by atoms with Gasteiger partial charge in [-0.3, -0.25) is 14.4 Å². The number of amides is 3. The van der Waals surface area contributed by atoms with Gasteiger partial charge in [-0.1, -0.05) is 36.4 Å². The highest BCUT2D eigenvalue weighted by Gasteiger charge is 2.54. The van der Waals surface area contributed by atoms with E-state index < -0.39 is 49.7 Å². The Kier molecular flexibility index (Phi) is 8.32. The van der Waals surface area contributed by atoms with Crippen LogP contribution in [-0.2, 0) is 30.6 Å². The first-order chi connectivity index (χ1) is 21.0. The molecule has 0 radical (unpaired) electrons. The summed E-state index contributed by atoms with van der Waals surface area (Å²) in [5, 5.41) is 6.28. The third kappa shape index (κ3) is 6.33. The number of alkyl carbamates (subject to hydrolysis) is 1. The van der Waals surface area contributed by atoms with Crippen molar-refractivity contribution in [1.29, 1.82) is 0 Å². The minimum atomic E-state index is -3.95. The summed E-state index contributed by atoms with van der Waals surface area (Å²) in [4.78, 5) is 58.2. The van der Waals surface area contributed by atoms with Crippen LogP contribution in [0.5, 0.6) is 0 Å². The minimum absolute atomic E-state index is 0.00541. The molecule has 3 aromatic rings. The molecule has 1 spiro atoms. The monoisotopic (exact) mass is 636 g/mol. The van der Waals surface area contributed by atoms with Gasteiger partial charge in [0.2, 0.25) is 11.8 Å². The Hall–Kier alpha value is -4.19. The number of hydrogen-bond donors (Lipinski definition) is 3. The number of carbonyl (C=O) groups excluding carboxylic acids is 4. The fourth-order valence-electron chi connectivity index (χ4n) is 6.19. The maximum Gasteiger partial charge on any atom is 0.408 e. The number of likely N-dealkylation sites (tertiary alicyclic amines) is 1. The summed E-state index contributed by atoms with van der Waals surface area (Å²) in [6, 6.07) is 12.7. The van der Waals surface area contributed by atoms with Crippen LogP contribution in [0.25, 0.3) is 10.9 Å². The second-order valence-electron chi connectivity index (χ2n) is 13.5. The summed E-state index contributed by atoms with van der Waals surface area (Å²) in [5.41, 5.74) is -0.415. The van der Waals surface area contributed by atoms with E-state index in [1.807, 2.05) is 24.3 Å². The summed E-state index contributed by atoms with van der Waals surface area (Å²) < 4.78 is 31.8. The van der Waals surface area contributed by atoms with Gasteiger partial charge in [0.25, 0.3) is 0 Å². The highest BCUT2D eigenvalue weighted by molar-refractivity contribution is 7.93. The Bertz CT molecular complexity index is 1770. The third-order valence-corrected chi connectivity index (χ3v) is 11.0. The molecule has 2 aliphatic heterocycles. The number of Topliss-reactive ketones (excluding diaryl/α,β-unsaturated/α-hetero) is 1. The highest BCUT2D eigenvalue weighted by atomic mass is 32.2. The van der Waals surface area contributed by atoms with Crippen LogP contribution >= 0.6 is 0 Å². The van der Waals surface area contributed by atoms with Crippen molar-refractivity contribution in [2.75, 3.05) is 13.1 Å². The Labute approximate surface area is 263 Å². The lowest BCUT2D eigenvalue weighted by molar-refractivity contribution is -0.139. The number of rotatable bonds is 6. The van der Waals surface area contributed by atoms with Crippen LogP contribution < -0.4 is 10.6 Å². The average molecular weight is 637 g/mol. The van der Waals surface area contributed by atoms with Crippen LogP contribution in [-0.4, -0.2) is 77.0 Å². The van der Waals surface area contributed by atoms with Gasteiger partial charge in [-0.15, -0.1) is 0 Å².